The molecule has 1 rings (SSSR count). The van der Waals surface area contributed by atoms with Gasteiger partial charge in [-0.1, -0.05) is 13.8 Å². The van der Waals surface area contributed by atoms with E-state index in [4.69, 9.17) is 5.73 Å². The molecule has 2 nitrogen and oxygen atoms in total. The van der Waals surface area contributed by atoms with Gasteiger partial charge in [-0.25, -0.2) is 0 Å². The van der Waals surface area contributed by atoms with E-state index in [1.165, 1.54) is 0 Å². The third-order valence-electron chi connectivity index (χ3n) is 2.31. The highest BCUT2D eigenvalue weighted by atomic mass is 16.1. The Morgan fingerprint density at radius 2 is 2.10 bits per heavy atom. The van der Waals surface area contributed by atoms with Crippen molar-refractivity contribution in [1.29, 1.82) is 0 Å². The third kappa shape index (κ3) is 1.37. The van der Waals surface area contributed by atoms with Crippen LogP contribution in [0.4, 0.5) is 0 Å². The Morgan fingerprint density at radius 1 is 1.50 bits per heavy atom. The van der Waals surface area contributed by atoms with Crippen LogP contribution in [0.15, 0.2) is 0 Å². The molecule has 2 heteroatoms. The minimum absolute atomic E-state index is 0.184. The minimum Gasteiger partial charge on any atom is -0.321 e. The molecule has 2 N–H and O–H groups in total. The van der Waals surface area contributed by atoms with Gasteiger partial charge in [0.1, 0.15) is 5.78 Å². The lowest BCUT2D eigenvalue weighted by atomic mass is 9.79. The standard InChI is InChI=1S/C8H15NO/c1-5-3-6(2)8(9)7(10)4-5/h5-6,8H,3-4,9H2,1-2H3. The fraction of sp³-hybridized carbons (Fsp3) is 0.875. The molecule has 0 spiro atoms. The maximum absolute atomic E-state index is 11.1. The predicted octanol–water partition coefficient (Wildman–Crippen LogP) is 0.949. The molecule has 58 valence electrons. The quantitative estimate of drug-likeness (QED) is 0.545. The van der Waals surface area contributed by atoms with Crippen molar-refractivity contribution in [2.75, 3.05) is 0 Å². The van der Waals surface area contributed by atoms with Crippen molar-refractivity contribution < 1.29 is 4.79 Å². The number of hydrogen-bond acceptors (Lipinski definition) is 2. The smallest absolute Gasteiger partial charge is 0.150 e. The Kier molecular flexibility index (Phi) is 2.09. The van der Waals surface area contributed by atoms with Crippen molar-refractivity contribution in [3.05, 3.63) is 0 Å². The van der Waals surface area contributed by atoms with Crippen LogP contribution in [-0.2, 0) is 4.79 Å². The lowest BCUT2D eigenvalue weighted by molar-refractivity contribution is -0.124. The van der Waals surface area contributed by atoms with E-state index in [1.54, 1.807) is 0 Å². The number of carbonyl (C=O) groups is 1. The van der Waals surface area contributed by atoms with Crippen LogP contribution in [0.25, 0.3) is 0 Å². The van der Waals surface area contributed by atoms with Crippen molar-refractivity contribution in [3.8, 4) is 0 Å². The number of hydrogen-bond donors (Lipinski definition) is 1. The lowest BCUT2D eigenvalue weighted by Gasteiger charge is -2.28. The summed E-state index contributed by atoms with van der Waals surface area (Å²) in [5.74, 6) is 1.17. The maximum Gasteiger partial charge on any atom is 0.150 e. The molecule has 1 saturated carbocycles. The first-order valence-electron chi connectivity index (χ1n) is 3.89. The van der Waals surface area contributed by atoms with Gasteiger partial charge >= 0.3 is 0 Å². The second kappa shape index (κ2) is 2.70. The molecule has 1 aliphatic carbocycles. The van der Waals surface area contributed by atoms with Gasteiger partial charge in [0.15, 0.2) is 0 Å². The fourth-order valence-corrected chi connectivity index (χ4v) is 1.66. The summed E-state index contributed by atoms with van der Waals surface area (Å²) in [6.07, 6.45) is 1.79. The second-order valence-electron chi connectivity index (χ2n) is 3.51. The average Bonchev–Trinajstić information content (AvgIpc) is 1.82. The molecule has 0 heterocycles. The normalized spacial score (nSPS) is 41.9. The van der Waals surface area contributed by atoms with Crippen LogP contribution in [0.3, 0.4) is 0 Å². The zero-order valence-corrected chi connectivity index (χ0v) is 6.63. The van der Waals surface area contributed by atoms with Gasteiger partial charge in [-0.2, -0.15) is 0 Å². The molecule has 0 aromatic heterocycles. The summed E-state index contributed by atoms with van der Waals surface area (Å²) in [5, 5.41) is 0. The SMILES string of the molecule is CC1CC(=O)C(N)C(C)C1. The van der Waals surface area contributed by atoms with E-state index in [0.717, 1.165) is 6.42 Å². The van der Waals surface area contributed by atoms with Gasteiger partial charge in [-0.05, 0) is 18.3 Å². The first kappa shape index (κ1) is 7.73. The molecular formula is C8H15NO. The fourth-order valence-electron chi connectivity index (χ4n) is 1.66. The number of rotatable bonds is 0. The predicted molar refractivity (Wildman–Crippen MR) is 40.5 cm³/mol. The van der Waals surface area contributed by atoms with Crippen LogP contribution in [0, 0.1) is 11.8 Å². The van der Waals surface area contributed by atoms with Crippen molar-refractivity contribution in [2.45, 2.75) is 32.7 Å². The van der Waals surface area contributed by atoms with Crippen LogP contribution in [0.1, 0.15) is 26.7 Å². The molecule has 0 aromatic carbocycles. The highest BCUT2D eigenvalue weighted by molar-refractivity contribution is 5.84. The molecule has 0 aliphatic heterocycles. The zero-order chi connectivity index (χ0) is 7.72. The molecule has 3 unspecified atom stereocenters. The van der Waals surface area contributed by atoms with Crippen molar-refractivity contribution in [2.24, 2.45) is 17.6 Å². The molecule has 0 radical (unpaired) electrons. The van der Waals surface area contributed by atoms with Crippen LogP contribution < -0.4 is 5.73 Å². The largest absolute Gasteiger partial charge is 0.321 e. The zero-order valence-electron chi connectivity index (χ0n) is 6.63. The van der Waals surface area contributed by atoms with E-state index in [9.17, 15) is 4.79 Å². The Hall–Kier alpha value is -0.370. The highest BCUT2D eigenvalue weighted by Gasteiger charge is 2.28. The number of ketones is 1. The van der Waals surface area contributed by atoms with Gasteiger partial charge in [0, 0.05) is 6.42 Å². The number of Topliss-reactive ketones (excluding diaryl/α,β-unsaturated/α-hetero) is 1. The molecule has 0 amide bonds. The Labute approximate surface area is 61.8 Å². The van der Waals surface area contributed by atoms with E-state index in [-0.39, 0.29) is 11.8 Å². The lowest BCUT2D eigenvalue weighted by Crippen LogP contribution is -2.42. The summed E-state index contributed by atoms with van der Waals surface area (Å²) in [6.45, 7) is 4.17. The van der Waals surface area contributed by atoms with Crippen molar-refractivity contribution >= 4 is 5.78 Å². The monoisotopic (exact) mass is 141 g/mol. The second-order valence-corrected chi connectivity index (χ2v) is 3.51. The van der Waals surface area contributed by atoms with E-state index >= 15 is 0 Å². The molecule has 3 atom stereocenters. The summed E-state index contributed by atoms with van der Waals surface area (Å²) in [7, 11) is 0. The van der Waals surface area contributed by atoms with E-state index < -0.39 is 0 Å². The van der Waals surface area contributed by atoms with E-state index in [1.807, 2.05) is 0 Å². The summed E-state index contributed by atoms with van der Waals surface area (Å²) in [6, 6.07) is -0.184. The van der Waals surface area contributed by atoms with Gasteiger partial charge in [0.25, 0.3) is 0 Å². The average molecular weight is 141 g/mol. The van der Waals surface area contributed by atoms with Crippen LogP contribution in [-0.4, -0.2) is 11.8 Å². The molecule has 0 bridgehead atoms. The minimum atomic E-state index is -0.184. The molecule has 1 fully saturated rings. The Balaban J connectivity index is 2.57. The molecule has 10 heavy (non-hydrogen) atoms. The van der Waals surface area contributed by atoms with E-state index in [0.29, 0.717) is 18.3 Å². The van der Waals surface area contributed by atoms with Gasteiger partial charge in [-0.15, -0.1) is 0 Å². The topological polar surface area (TPSA) is 43.1 Å². The van der Waals surface area contributed by atoms with Crippen molar-refractivity contribution in [3.63, 3.8) is 0 Å². The highest BCUT2D eigenvalue weighted by Crippen LogP contribution is 2.24. The van der Waals surface area contributed by atoms with E-state index in [2.05, 4.69) is 13.8 Å². The first-order chi connectivity index (χ1) is 4.61. The van der Waals surface area contributed by atoms with Crippen molar-refractivity contribution in [1.82, 2.24) is 0 Å². The number of carbonyl (C=O) groups excluding carboxylic acids is 1. The van der Waals surface area contributed by atoms with Gasteiger partial charge in [0.2, 0.25) is 0 Å². The van der Waals surface area contributed by atoms with Gasteiger partial charge in [0.05, 0.1) is 6.04 Å². The maximum atomic E-state index is 11.1. The summed E-state index contributed by atoms with van der Waals surface area (Å²) >= 11 is 0. The summed E-state index contributed by atoms with van der Waals surface area (Å²) in [5.41, 5.74) is 5.63. The molecular weight excluding hydrogens is 126 g/mol. The van der Waals surface area contributed by atoms with Crippen LogP contribution >= 0.6 is 0 Å². The van der Waals surface area contributed by atoms with Crippen LogP contribution in [0.2, 0.25) is 0 Å². The molecule has 0 aromatic rings. The third-order valence-corrected chi connectivity index (χ3v) is 2.31. The summed E-state index contributed by atoms with van der Waals surface area (Å²) in [4.78, 5) is 11.1. The number of nitrogens with two attached hydrogens (primary N) is 1. The molecule has 1 aliphatic rings. The summed E-state index contributed by atoms with van der Waals surface area (Å²) < 4.78 is 0. The van der Waals surface area contributed by atoms with Gasteiger partial charge in [-0.3, -0.25) is 4.79 Å². The Bertz CT molecular complexity index is 144. The molecule has 0 saturated heterocycles. The van der Waals surface area contributed by atoms with Gasteiger partial charge < -0.3 is 5.73 Å². The first-order valence-corrected chi connectivity index (χ1v) is 3.89. The van der Waals surface area contributed by atoms with Crippen LogP contribution in [0.5, 0.6) is 0 Å². The Morgan fingerprint density at radius 3 is 2.60 bits per heavy atom.